The minimum Gasteiger partial charge on any atom is -0.396 e. The molecule has 6 heteroatoms. The summed E-state index contributed by atoms with van der Waals surface area (Å²) in [5.41, 5.74) is 0.119. The van der Waals surface area contributed by atoms with Crippen LogP contribution < -0.4 is 10.6 Å². The summed E-state index contributed by atoms with van der Waals surface area (Å²) in [7, 11) is 0. The molecule has 0 bridgehead atoms. The highest BCUT2D eigenvalue weighted by molar-refractivity contribution is 14.0. The summed E-state index contributed by atoms with van der Waals surface area (Å²) in [5, 5.41) is 16.2. The van der Waals surface area contributed by atoms with Crippen molar-refractivity contribution in [3.05, 3.63) is 0 Å². The number of aliphatic imine (C=N–C) groups is 1. The van der Waals surface area contributed by atoms with Gasteiger partial charge in [-0.3, -0.25) is 4.99 Å². The lowest BCUT2D eigenvalue weighted by atomic mass is 9.79. The Morgan fingerprint density at radius 1 is 1.04 bits per heavy atom. The number of nitrogens with one attached hydrogen (secondary N) is 2. The molecule has 0 aliphatic heterocycles. The second kappa shape index (κ2) is 17.8. The van der Waals surface area contributed by atoms with Crippen molar-refractivity contribution in [1.29, 1.82) is 0 Å². The highest BCUT2D eigenvalue weighted by Gasteiger charge is 2.25. The fourth-order valence-electron chi connectivity index (χ4n) is 3.82. The van der Waals surface area contributed by atoms with Crippen LogP contribution in [0.5, 0.6) is 0 Å². The third-order valence-electron chi connectivity index (χ3n) is 6.08. The van der Waals surface area contributed by atoms with Gasteiger partial charge in [-0.05, 0) is 63.7 Å². The van der Waals surface area contributed by atoms with E-state index in [2.05, 4.69) is 31.4 Å². The maximum Gasteiger partial charge on any atom is 0.191 e. The van der Waals surface area contributed by atoms with Crippen molar-refractivity contribution in [3.8, 4) is 0 Å². The van der Waals surface area contributed by atoms with Crippen molar-refractivity contribution < 1.29 is 9.84 Å². The number of nitrogens with zero attached hydrogens (tertiary/aromatic N) is 1. The SMILES string of the molecule is CCNC(=NCC(CC)(CC)CCO)NCCCCCOC1CCCCC1.I. The van der Waals surface area contributed by atoms with E-state index in [0.29, 0.717) is 6.10 Å². The Kier molecular flexibility index (Phi) is 17.7. The van der Waals surface area contributed by atoms with E-state index in [1.165, 1.54) is 38.5 Å². The number of hydrogen-bond donors (Lipinski definition) is 3. The van der Waals surface area contributed by atoms with Crippen molar-refractivity contribution in [2.24, 2.45) is 10.4 Å². The third-order valence-corrected chi connectivity index (χ3v) is 6.08. The van der Waals surface area contributed by atoms with E-state index < -0.39 is 0 Å². The molecule has 0 amide bonds. The zero-order valence-corrected chi connectivity index (χ0v) is 20.9. The van der Waals surface area contributed by atoms with Gasteiger partial charge >= 0.3 is 0 Å². The van der Waals surface area contributed by atoms with Crippen LogP contribution in [-0.4, -0.2) is 50.0 Å². The van der Waals surface area contributed by atoms with Crippen molar-refractivity contribution in [1.82, 2.24) is 10.6 Å². The normalized spacial score (nSPS) is 15.9. The Hall–Kier alpha value is -0.0800. The van der Waals surface area contributed by atoms with Gasteiger partial charge in [-0.25, -0.2) is 0 Å². The minimum absolute atomic E-state index is 0. The Morgan fingerprint density at radius 3 is 2.36 bits per heavy atom. The van der Waals surface area contributed by atoms with Gasteiger partial charge in [-0.1, -0.05) is 33.1 Å². The monoisotopic (exact) mass is 511 g/mol. The second-order valence-corrected chi connectivity index (χ2v) is 7.99. The van der Waals surface area contributed by atoms with Gasteiger partial charge in [-0.15, -0.1) is 24.0 Å². The number of halogens is 1. The van der Waals surface area contributed by atoms with Crippen LogP contribution in [0, 0.1) is 5.41 Å². The van der Waals surface area contributed by atoms with Gasteiger partial charge in [0.1, 0.15) is 0 Å². The molecular weight excluding hydrogens is 465 g/mol. The summed E-state index contributed by atoms with van der Waals surface area (Å²) >= 11 is 0. The van der Waals surface area contributed by atoms with Gasteiger partial charge in [0.2, 0.25) is 0 Å². The Balaban J connectivity index is 0.00000729. The molecule has 28 heavy (non-hydrogen) atoms. The molecule has 1 saturated carbocycles. The van der Waals surface area contributed by atoms with Gasteiger partial charge in [-0.2, -0.15) is 0 Å². The number of unbranched alkanes of at least 4 members (excludes halogenated alkanes) is 2. The molecule has 1 aliphatic carbocycles. The lowest BCUT2D eigenvalue weighted by Crippen LogP contribution is -2.39. The van der Waals surface area contributed by atoms with E-state index in [4.69, 9.17) is 9.73 Å². The molecule has 1 fully saturated rings. The molecular formula is C22H46IN3O2. The lowest BCUT2D eigenvalue weighted by molar-refractivity contribution is 0.0264. The molecule has 0 saturated heterocycles. The first kappa shape index (κ1) is 27.9. The first-order valence-electron chi connectivity index (χ1n) is 11.4. The number of ether oxygens (including phenoxy) is 1. The molecule has 5 nitrogen and oxygen atoms in total. The number of aliphatic hydroxyl groups excluding tert-OH is 1. The molecule has 1 rings (SSSR count). The zero-order valence-electron chi connectivity index (χ0n) is 18.6. The predicted octanol–water partition coefficient (Wildman–Crippen LogP) is 4.87. The van der Waals surface area contributed by atoms with E-state index in [9.17, 15) is 5.11 Å². The fraction of sp³-hybridized carbons (Fsp3) is 0.955. The maximum absolute atomic E-state index is 9.37. The van der Waals surface area contributed by atoms with Crippen LogP contribution in [0.4, 0.5) is 0 Å². The van der Waals surface area contributed by atoms with Crippen LogP contribution >= 0.6 is 24.0 Å². The Bertz CT molecular complexity index is 384. The fourth-order valence-corrected chi connectivity index (χ4v) is 3.82. The molecule has 1 aliphatic rings. The average Bonchev–Trinajstić information content (AvgIpc) is 2.71. The van der Waals surface area contributed by atoms with E-state index >= 15 is 0 Å². The molecule has 0 heterocycles. The highest BCUT2D eigenvalue weighted by atomic mass is 127. The quantitative estimate of drug-likeness (QED) is 0.135. The largest absolute Gasteiger partial charge is 0.396 e. The van der Waals surface area contributed by atoms with E-state index in [-0.39, 0.29) is 36.0 Å². The number of rotatable bonds is 14. The van der Waals surface area contributed by atoms with Gasteiger partial charge in [0.05, 0.1) is 6.10 Å². The first-order chi connectivity index (χ1) is 13.2. The Labute approximate surface area is 190 Å². The summed E-state index contributed by atoms with van der Waals surface area (Å²) in [4.78, 5) is 4.80. The zero-order chi connectivity index (χ0) is 19.8. The molecule has 0 aromatic heterocycles. The third kappa shape index (κ3) is 11.8. The van der Waals surface area contributed by atoms with Gasteiger partial charge in [0.25, 0.3) is 0 Å². The van der Waals surface area contributed by atoms with Gasteiger partial charge in [0.15, 0.2) is 5.96 Å². The van der Waals surface area contributed by atoms with Crippen LogP contribution in [0.25, 0.3) is 0 Å². The topological polar surface area (TPSA) is 65.9 Å². The van der Waals surface area contributed by atoms with Crippen LogP contribution in [0.15, 0.2) is 4.99 Å². The summed E-state index contributed by atoms with van der Waals surface area (Å²) in [6.07, 6.45) is 13.5. The average molecular weight is 512 g/mol. The first-order valence-corrected chi connectivity index (χ1v) is 11.4. The van der Waals surface area contributed by atoms with Gasteiger partial charge < -0.3 is 20.5 Å². The highest BCUT2D eigenvalue weighted by Crippen LogP contribution is 2.30. The van der Waals surface area contributed by atoms with Crippen molar-refractivity contribution in [3.63, 3.8) is 0 Å². The molecule has 3 N–H and O–H groups in total. The summed E-state index contributed by atoms with van der Waals surface area (Å²) in [6.45, 7) is 10.2. The van der Waals surface area contributed by atoms with Crippen LogP contribution in [-0.2, 0) is 4.74 Å². The van der Waals surface area contributed by atoms with Crippen LogP contribution in [0.1, 0.15) is 91.4 Å². The van der Waals surface area contributed by atoms with Crippen molar-refractivity contribution in [2.45, 2.75) is 97.5 Å². The number of aliphatic hydroxyl groups is 1. The second-order valence-electron chi connectivity index (χ2n) is 7.99. The van der Waals surface area contributed by atoms with E-state index in [0.717, 1.165) is 64.3 Å². The maximum atomic E-state index is 9.37. The molecule has 0 radical (unpaired) electrons. The van der Waals surface area contributed by atoms with E-state index in [1.54, 1.807) is 0 Å². The van der Waals surface area contributed by atoms with Gasteiger partial charge in [0, 0.05) is 32.8 Å². The van der Waals surface area contributed by atoms with Crippen molar-refractivity contribution >= 4 is 29.9 Å². The molecule has 0 spiro atoms. The van der Waals surface area contributed by atoms with Crippen molar-refractivity contribution in [2.75, 3.05) is 32.8 Å². The standard InChI is InChI=1S/C22H45N3O2.HI/c1-4-22(5-2,15-17-26)19-25-21(23-6-3)24-16-11-8-12-18-27-20-13-9-7-10-14-20;/h20,26H,4-19H2,1-3H3,(H2,23,24,25);1H. The Morgan fingerprint density at radius 2 is 1.75 bits per heavy atom. The summed E-state index contributed by atoms with van der Waals surface area (Å²) in [6, 6.07) is 0. The summed E-state index contributed by atoms with van der Waals surface area (Å²) < 4.78 is 6.00. The van der Waals surface area contributed by atoms with E-state index in [1.807, 2.05) is 0 Å². The molecule has 0 unspecified atom stereocenters. The minimum atomic E-state index is 0. The molecule has 0 aromatic rings. The number of guanidine groups is 1. The molecule has 0 aromatic carbocycles. The molecule has 0 atom stereocenters. The lowest BCUT2D eigenvalue weighted by Gasteiger charge is -2.29. The van der Waals surface area contributed by atoms with Crippen LogP contribution in [0.3, 0.4) is 0 Å². The van der Waals surface area contributed by atoms with Crippen LogP contribution in [0.2, 0.25) is 0 Å². The number of hydrogen-bond acceptors (Lipinski definition) is 3. The summed E-state index contributed by atoms with van der Waals surface area (Å²) in [5.74, 6) is 0.903. The smallest absolute Gasteiger partial charge is 0.191 e. The predicted molar refractivity (Wildman–Crippen MR) is 131 cm³/mol. The molecule has 168 valence electrons.